The topological polar surface area (TPSA) is 75.7 Å². The van der Waals surface area contributed by atoms with E-state index in [1.165, 1.54) is 21.7 Å². The van der Waals surface area contributed by atoms with E-state index in [2.05, 4.69) is 5.32 Å². The number of benzene rings is 1. The fourth-order valence-electron chi connectivity index (χ4n) is 2.49. The number of nitrogens with one attached hydrogen (secondary N) is 1. The fraction of sp³-hybridized carbons (Fsp3) is 0.312. The molecular weight excluding hydrogens is 367 g/mol. The van der Waals surface area contributed by atoms with Crippen molar-refractivity contribution >= 4 is 33.0 Å². The van der Waals surface area contributed by atoms with E-state index in [0.717, 1.165) is 17.7 Å². The van der Waals surface area contributed by atoms with E-state index in [0.29, 0.717) is 0 Å². The predicted octanol–water partition coefficient (Wildman–Crippen LogP) is 2.09. The van der Waals surface area contributed by atoms with Crippen LogP contribution in [0.1, 0.15) is 5.56 Å². The normalized spacial score (nSPS) is 15.9. The molecule has 0 spiro atoms. The molecule has 2 heterocycles. The van der Waals surface area contributed by atoms with Crippen molar-refractivity contribution in [3.05, 3.63) is 46.4 Å². The molecule has 1 aliphatic heterocycles. The van der Waals surface area contributed by atoms with Gasteiger partial charge in [-0.3, -0.25) is 4.79 Å². The highest BCUT2D eigenvalue weighted by molar-refractivity contribution is 7.89. The van der Waals surface area contributed by atoms with Gasteiger partial charge in [-0.05, 0) is 40.6 Å². The van der Waals surface area contributed by atoms with Crippen molar-refractivity contribution in [3.8, 4) is 0 Å². The van der Waals surface area contributed by atoms with Gasteiger partial charge in [0.05, 0.1) is 19.6 Å². The molecule has 0 radical (unpaired) electrons. The van der Waals surface area contributed by atoms with Crippen molar-refractivity contribution < 1.29 is 22.3 Å². The number of halogens is 1. The number of morpholine rings is 1. The highest BCUT2D eigenvalue weighted by Gasteiger charge is 2.29. The molecule has 1 aromatic heterocycles. The summed E-state index contributed by atoms with van der Waals surface area (Å²) in [5.74, 6) is -1.14. The molecule has 0 unspecified atom stereocenters. The van der Waals surface area contributed by atoms with E-state index in [1.54, 1.807) is 0 Å². The molecular formula is C16H17FN2O4S2. The van der Waals surface area contributed by atoms with E-state index in [4.69, 9.17) is 4.74 Å². The Morgan fingerprint density at radius 2 is 2.04 bits per heavy atom. The first kappa shape index (κ1) is 18.0. The summed E-state index contributed by atoms with van der Waals surface area (Å²) < 4.78 is 45.7. The lowest BCUT2D eigenvalue weighted by Gasteiger charge is -2.26. The molecule has 0 aliphatic carbocycles. The first-order valence-corrected chi connectivity index (χ1v) is 10.0. The van der Waals surface area contributed by atoms with Crippen LogP contribution >= 0.6 is 11.3 Å². The second-order valence-electron chi connectivity index (χ2n) is 5.52. The summed E-state index contributed by atoms with van der Waals surface area (Å²) in [6.07, 6.45) is 0.173. The van der Waals surface area contributed by atoms with Crippen LogP contribution in [0.2, 0.25) is 0 Å². The fourth-order valence-corrected chi connectivity index (χ4v) is 4.66. The van der Waals surface area contributed by atoms with E-state index in [1.807, 2.05) is 16.8 Å². The summed E-state index contributed by atoms with van der Waals surface area (Å²) in [5, 5.41) is 6.34. The number of carbonyl (C=O) groups excluding carboxylic acids is 1. The van der Waals surface area contributed by atoms with Crippen molar-refractivity contribution in [3.63, 3.8) is 0 Å². The van der Waals surface area contributed by atoms with Gasteiger partial charge < -0.3 is 10.1 Å². The van der Waals surface area contributed by atoms with Gasteiger partial charge >= 0.3 is 0 Å². The Morgan fingerprint density at radius 1 is 1.28 bits per heavy atom. The van der Waals surface area contributed by atoms with Gasteiger partial charge in [0, 0.05) is 18.8 Å². The molecule has 1 amide bonds. The third kappa shape index (κ3) is 4.24. The largest absolute Gasteiger partial charge is 0.379 e. The Bertz CT molecular complexity index is 847. The van der Waals surface area contributed by atoms with Gasteiger partial charge in [0.2, 0.25) is 15.9 Å². The standard InChI is InChI=1S/C16H17FN2O4S2/c17-14-2-1-13(18-16(20)9-12-3-8-24-11-12)10-15(14)25(21,22)19-4-6-23-7-5-19/h1-3,8,10-11H,4-7,9H2,(H,18,20). The van der Waals surface area contributed by atoms with Crippen LogP contribution in [0.15, 0.2) is 39.9 Å². The van der Waals surface area contributed by atoms with E-state index < -0.39 is 20.7 Å². The molecule has 2 aromatic rings. The van der Waals surface area contributed by atoms with Crippen LogP contribution in [0.3, 0.4) is 0 Å². The maximum Gasteiger partial charge on any atom is 0.246 e. The molecule has 134 valence electrons. The summed E-state index contributed by atoms with van der Waals surface area (Å²) in [6.45, 7) is 0.906. The smallest absolute Gasteiger partial charge is 0.246 e. The summed E-state index contributed by atoms with van der Waals surface area (Å²) in [4.78, 5) is 11.6. The minimum absolute atomic E-state index is 0.173. The molecule has 0 saturated carbocycles. The first-order valence-electron chi connectivity index (χ1n) is 7.65. The van der Waals surface area contributed by atoms with E-state index >= 15 is 0 Å². The molecule has 0 bridgehead atoms. The third-order valence-corrected chi connectivity index (χ3v) is 6.39. The minimum atomic E-state index is -3.97. The molecule has 1 N–H and O–H groups in total. The number of thiophene rings is 1. The van der Waals surface area contributed by atoms with Gasteiger partial charge in [-0.2, -0.15) is 15.6 Å². The van der Waals surface area contributed by atoms with Crippen molar-refractivity contribution in [1.82, 2.24) is 4.31 Å². The minimum Gasteiger partial charge on any atom is -0.379 e. The van der Waals surface area contributed by atoms with Gasteiger partial charge in [-0.1, -0.05) is 0 Å². The summed E-state index contributed by atoms with van der Waals surface area (Å²) in [6, 6.07) is 5.39. The van der Waals surface area contributed by atoms with Crippen LogP contribution in [-0.2, 0) is 26.0 Å². The summed E-state index contributed by atoms with van der Waals surface area (Å²) >= 11 is 1.49. The first-order chi connectivity index (χ1) is 12.0. The zero-order valence-corrected chi connectivity index (χ0v) is 14.9. The van der Waals surface area contributed by atoms with Gasteiger partial charge in [0.25, 0.3) is 0 Å². The number of sulfonamides is 1. The Labute approximate surface area is 149 Å². The Balaban J connectivity index is 1.79. The molecule has 1 fully saturated rings. The number of amides is 1. The number of rotatable bonds is 5. The Hall–Kier alpha value is -1.81. The van der Waals surface area contributed by atoms with E-state index in [-0.39, 0.29) is 44.3 Å². The zero-order valence-electron chi connectivity index (χ0n) is 13.3. The van der Waals surface area contributed by atoms with Crippen LogP contribution in [0.25, 0.3) is 0 Å². The lowest BCUT2D eigenvalue weighted by molar-refractivity contribution is -0.115. The lowest BCUT2D eigenvalue weighted by Crippen LogP contribution is -2.40. The molecule has 6 nitrogen and oxygen atoms in total. The number of nitrogens with zero attached hydrogens (tertiary/aromatic N) is 1. The zero-order chi connectivity index (χ0) is 17.9. The quantitative estimate of drug-likeness (QED) is 0.857. The molecule has 1 saturated heterocycles. The summed E-state index contributed by atoms with van der Waals surface area (Å²) in [5.41, 5.74) is 1.11. The maximum atomic E-state index is 14.1. The number of hydrogen-bond acceptors (Lipinski definition) is 5. The van der Waals surface area contributed by atoms with Gasteiger partial charge in [0.15, 0.2) is 0 Å². The van der Waals surface area contributed by atoms with Crippen LogP contribution in [0, 0.1) is 5.82 Å². The molecule has 25 heavy (non-hydrogen) atoms. The van der Waals surface area contributed by atoms with Gasteiger partial charge in [-0.25, -0.2) is 12.8 Å². The SMILES string of the molecule is O=C(Cc1ccsc1)Nc1ccc(F)c(S(=O)(=O)N2CCOCC2)c1. The van der Waals surface area contributed by atoms with Crippen LogP contribution in [0.5, 0.6) is 0 Å². The van der Waals surface area contributed by atoms with Crippen molar-refractivity contribution in [2.45, 2.75) is 11.3 Å². The highest BCUT2D eigenvalue weighted by Crippen LogP contribution is 2.24. The molecule has 1 aliphatic rings. The van der Waals surface area contributed by atoms with Gasteiger partial charge in [-0.15, -0.1) is 0 Å². The number of ether oxygens (including phenoxy) is 1. The van der Waals surface area contributed by atoms with Crippen LogP contribution in [0.4, 0.5) is 10.1 Å². The third-order valence-electron chi connectivity index (χ3n) is 3.75. The maximum absolute atomic E-state index is 14.1. The number of hydrogen-bond donors (Lipinski definition) is 1. The predicted molar refractivity (Wildman–Crippen MR) is 92.6 cm³/mol. The molecule has 0 atom stereocenters. The van der Waals surface area contributed by atoms with E-state index in [9.17, 15) is 17.6 Å². The van der Waals surface area contributed by atoms with Crippen LogP contribution < -0.4 is 5.32 Å². The van der Waals surface area contributed by atoms with Crippen molar-refractivity contribution in [2.24, 2.45) is 0 Å². The van der Waals surface area contributed by atoms with Crippen molar-refractivity contribution in [2.75, 3.05) is 31.6 Å². The average Bonchev–Trinajstić information content (AvgIpc) is 3.10. The van der Waals surface area contributed by atoms with Crippen LogP contribution in [-0.4, -0.2) is 44.9 Å². The Kier molecular flexibility index (Phi) is 5.48. The van der Waals surface area contributed by atoms with Crippen molar-refractivity contribution in [1.29, 1.82) is 0 Å². The monoisotopic (exact) mass is 384 g/mol. The Morgan fingerprint density at radius 3 is 2.72 bits per heavy atom. The lowest BCUT2D eigenvalue weighted by atomic mass is 10.2. The highest BCUT2D eigenvalue weighted by atomic mass is 32.2. The molecule has 9 heteroatoms. The molecule has 1 aromatic carbocycles. The second-order valence-corrected chi connectivity index (χ2v) is 8.20. The van der Waals surface area contributed by atoms with Gasteiger partial charge in [0.1, 0.15) is 10.7 Å². The number of anilines is 1. The summed E-state index contributed by atoms with van der Waals surface area (Å²) in [7, 11) is -3.97. The second kappa shape index (κ2) is 7.61. The number of carbonyl (C=O) groups is 1. The average molecular weight is 384 g/mol. The molecule has 3 rings (SSSR count).